The normalized spacial score (nSPS) is 15.5. The van der Waals surface area contributed by atoms with Gasteiger partial charge < -0.3 is 15.4 Å². The number of ether oxygens (including phenoxy) is 1. The van der Waals surface area contributed by atoms with Crippen LogP contribution in [0.3, 0.4) is 0 Å². The summed E-state index contributed by atoms with van der Waals surface area (Å²) in [5, 5.41) is 8.32. The van der Waals surface area contributed by atoms with Gasteiger partial charge in [0, 0.05) is 39.0 Å². The monoisotopic (exact) mass is 446 g/mol. The van der Waals surface area contributed by atoms with Crippen LogP contribution in [0.15, 0.2) is 66.1 Å². The maximum atomic E-state index is 13.0. The highest BCUT2D eigenvalue weighted by molar-refractivity contribution is 7.10. The van der Waals surface area contributed by atoms with Crippen molar-refractivity contribution in [3.63, 3.8) is 0 Å². The number of hydrogen-bond donors (Lipinski definition) is 2. The second-order valence-electron chi connectivity index (χ2n) is 8.51. The molecule has 2 heterocycles. The van der Waals surface area contributed by atoms with Crippen molar-refractivity contribution in [2.24, 2.45) is 0 Å². The number of thiophene rings is 1. The first kappa shape index (κ1) is 21.8. The molecule has 0 aliphatic carbocycles. The summed E-state index contributed by atoms with van der Waals surface area (Å²) in [4.78, 5) is 26.2. The number of carbonyl (C=O) groups excluding carboxylic acids is 2. The van der Waals surface area contributed by atoms with Gasteiger partial charge in [-0.05, 0) is 73.7 Å². The number of rotatable bonds is 6. The Balaban J connectivity index is 1.51. The molecule has 0 saturated heterocycles. The van der Waals surface area contributed by atoms with Crippen LogP contribution in [-0.2, 0) is 17.6 Å². The first-order valence-electron chi connectivity index (χ1n) is 10.5. The number of allylic oxidation sites excluding steroid dienone is 1. The van der Waals surface area contributed by atoms with Crippen molar-refractivity contribution in [2.45, 2.75) is 32.2 Å². The molecule has 1 amide bonds. The number of hydrogen-bond acceptors (Lipinski definition) is 5. The largest absolute Gasteiger partial charge is 0.497 e. The van der Waals surface area contributed by atoms with Gasteiger partial charge in [-0.3, -0.25) is 9.59 Å². The molecular formula is C26H26N2O3S. The molecule has 1 aliphatic rings. The van der Waals surface area contributed by atoms with Gasteiger partial charge in [0.15, 0.2) is 5.78 Å². The van der Waals surface area contributed by atoms with Gasteiger partial charge in [-0.1, -0.05) is 12.1 Å². The predicted octanol–water partition coefficient (Wildman–Crippen LogP) is 5.09. The third-order valence-electron chi connectivity index (χ3n) is 5.36. The molecule has 1 aliphatic heterocycles. The van der Waals surface area contributed by atoms with Crippen molar-refractivity contribution in [1.82, 2.24) is 5.32 Å². The third kappa shape index (κ3) is 5.08. The minimum absolute atomic E-state index is 0.0761. The molecule has 0 spiro atoms. The summed E-state index contributed by atoms with van der Waals surface area (Å²) < 4.78 is 5.37. The molecule has 3 aromatic rings. The molecule has 32 heavy (non-hydrogen) atoms. The Labute approximate surface area is 192 Å². The van der Waals surface area contributed by atoms with Gasteiger partial charge in [-0.2, -0.15) is 0 Å². The zero-order valence-electron chi connectivity index (χ0n) is 18.4. The number of methoxy groups -OCH3 is 1. The fraction of sp³-hybridized carbons (Fsp3) is 0.231. The molecule has 0 unspecified atom stereocenters. The van der Waals surface area contributed by atoms with Gasteiger partial charge in [-0.15, -0.1) is 11.3 Å². The molecule has 0 fully saturated rings. The number of carbonyl (C=O) groups is 2. The highest BCUT2D eigenvalue weighted by Gasteiger charge is 2.28. The van der Waals surface area contributed by atoms with Crippen LogP contribution in [0.2, 0.25) is 0 Å². The molecule has 2 aromatic carbocycles. The Bertz CT molecular complexity index is 1160. The lowest BCUT2D eigenvalue weighted by atomic mass is 9.85. The molecule has 2 N–H and O–H groups in total. The third-order valence-corrected chi connectivity index (χ3v) is 6.23. The van der Waals surface area contributed by atoms with E-state index < -0.39 is 0 Å². The number of nitrogens with one attached hydrogen (secondary N) is 2. The Hall–Kier alpha value is -3.38. The van der Waals surface area contributed by atoms with Crippen LogP contribution >= 0.6 is 11.3 Å². The van der Waals surface area contributed by atoms with E-state index in [1.807, 2.05) is 29.6 Å². The smallest absolute Gasteiger partial charge is 0.229 e. The van der Waals surface area contributed by atoms with Crippen molar-refractivity contribution < 1.29 is 14.3 Å². The summed E-state index contributed by atoms with van der Waals surface area (Å²) in [6.45, 7) is 4.23. The first-order chi connectivity index (χ1) is 15.3. The van der Waals surface area contributed by atoms with E-state index in [-0.39, 0.29) is 17.2 Å². The highest BCUT2D eigenvalue weighted by Crippen LogP contribution is 2.32. The molecule has 0 atom stereocenters. The number of benzene rings is 2. The molecule has 0 radical (unpaired) electrons. The summed E-state index contributed by atoms with van der Waals surface area (Å²) in [6, 6.07) is 16.8. The van der Waals surface area contributed by atoms with Gasteiger partial charge in [0.1, 0.15) is 5.75 Å². The van der Waals surface area contributed by atoms with Crippen LogP contribution in [0.5, 0.6) is 5.75 Å². The maximum Gasteiger partial charge on any atom is 0.229 e. The van der Waals surface area contributed by atoms with Gasteiger partial charge in [0.2, 0.25) is 5.91 Å². The van der Waals surface area contributed by atoms with Crippen molar-refractivity contribution in [3.8, 4) is 5.75 Å². The molecule has 4 rings (SSSR count). The standard InChI is InChI=1S/C26H26N2O3S/c1-26(2)16-18-8-11-20(31-3)13-22(18)23(28-26)15-24(29)17-6-9-19(10-7-17)27-25(30)14-21-5-4-12-32-21/h4-13,15,28H,14,16H2,1-3H3,(H,27,30). The van der Waals surface area contributed by atoms with Gasteiger partial charge in [0.25, 0.3) is 0 Å². The fourth-order valence-corrected chi connectivity index (χ4v) is 4.57. The topological polar surface area (TPSA) is 67.4 Å². The summed E-state index contributed by atoms with van der Waals surface area (Å²) in [5.41, 5.74) is 4.01. The van der Waals surface area contributed by atoms with Crippen molar-refractivity contribution in [2.75, 3.05) is 12.4 Å². The molecular weight excluding hydrogens is 420 g/mol. The number of ketones is 1. The number of anilines is 1. The van der Waals surface area contributed by atoms with Crippen LogP contribution in [0, 0.1) is 0 Å². The molecule has 0 bridgehead atoms. The molecule has 1 aromatic heterocycles. The average Bonchev–Trinajstić information content (AvgIpc) is 3.26. The van der Waals surface area contributed by atoms with E-state index in [0.717, 1.165) is 28.3 Å². The minimum Gasteiger partial charge on any atom is -0.497 e. The lowest BCUT2D eigenvalue weighted by Gasteiger charge is -2.35. The van der Waals surface area contributed by atoms with Crippen LogP contribution < -0.4 is 15.4 Å². The van der Waals surface area contributed by atoms with E-state index in [0.29, 0.717) is 17.7 Å². The van der Waals surface area contributed by atoms with E-state index in [9.17, 15) is 9.59 Å². The average molecular weight is 447 g/mol. The second kappa shape index (κ2) is 9.01. The quantitative estimate of drug-likeness (QED) is 0.409. The van der Waals surface area contributed by atoms with Crippen LogP contribution in [-0.4, -0.2) is 24.3 Å². The summed E-state index contributed by atoms with van der Waals surface area (Å²) >= 11 is 1.56. The second-order valence-corrected chi connectivity index (χ2v) is 9.54. The fourth-order valence-electron chi connectivity index (χ4n) is 3.86. The lowest BCUT2D eigenvalue weighted by molar-refractivity contribution is -0.115. The van der Waals surface area contributed by atoms with Crippen LogP contribution in [0.4, 0.5) is 5.69 Å². The summed E-state index contributed by atoms with van der Waals surface area (Å²) in [7, 11) is 1.64. The van der Waals surface area contributed by atoms with E-state index in [2.05, 4.69) is 30.5 Å². The Morgan fingerprint density at radius 2 is 1.94 bits per heavy atom. The van der Waals surface area contributed by atoms with Crippen LogP contribution in [0.25, 0.3) is 5.70 Å². The van der Waals surface area contributed by atoms with E-state index in [4.69, 9.17) is 4.74 Å². The van der Waals surface area contributed by atoms with E-state index in [1.54, 1.807) is 48.8 Å². The van der Waals surface area contributed by atoms with Crippen molar-refractivity contribution in [1.29, 1.82) is 0 Å². The predicted molar refractivity (Wildman–Crippen MR) is 129 cm³/mol. The van der Waals surface area contributed by atoms with E-state index >= 15 is 0 Å². The number of amides is 1. The maximum absolute atomic E-state index is 13.0. The molecule has 5 nitrogen and oxygen atoms in total. The summed E-state index contributed by atoms with van der Waals surface area (Å²) in [6.07, 6.45) is 2.84. The molecule has 6 heteroatoms. The zero-order valence-corrected chi connectivity index (χ0v) is 19.2. The first-order valence-corrected chi connectivity index (χ1v) is 11.3. The Kier molecular flexibility index (Phi) is 6.15. The van der Waals surface area contributed by atoms with Gasteiger partial charge in [0.05, 0.1) is 13.5 Å². The Morgan fingerprint density at radius 1 is 1.16 bits per heavy atom. The Morgan fingerprint density at radius 3 is 2.62 bits per heavy atom. The SMILES string of the molecule is COc1ccc2c(c1)C(=CC(=O)c1ccc(NC(=O)Cc3cccs3)cc1)NC(C)(C)C2. The highest BCUT2D eigenvalue weighted by atomic mass is 32.1. The number of fused-ring (bicyclic) bond motifs is 1. The lowest BCUT2D eigenvalue weighted by Crippen LogP contribution is -2.43. The summed E-state index contributed by atoms with van der Waals surface area (Å²) in [5.74, 6) is 0.578. The van der Waals surface area contributed by atoms with E-state index in [1.165, 1.54) is 5.56 Å². The molecule has 0 saturated carbocycles. The molecule has 164 valence electrons. The van der Waals surface area contributed by atoms with Crippen molar-refractivity contribution >= 4 is 34.4 Å². The van der Waals surface area contributed by atoms with Crippen LogP contribution in [0.1, 0.15) is 40.2 Å². The van der Waals surface area contributed by atoms with Crippen molar-refractivity contribution in [3.05, 3.63) is 87.6 Å². The van der Waals surface area contributed by atoms with Gasteiger partial charge in [-0.25, -0.2) is 0 Å². The zero-order chi connectivity index (χ0) is 22.7. The van der Waals surface area contributed by atoms with Gasteiger partial charge >= 0.3 is 0 Å². The minimum atomic E-state index is -0.162.